The molecule has 2 unspecified atom stereocenters. The SMILES string of the molecule is CCC(CC)C1=CC2(CC(C(CC)CC)=C1)c1cc(C)c3cccc4c3c1-c1c(cc3c(CC(C)(C)C)cccc3c12)C4c1ccccc1. The maximum Gasteiger partial charge on any atom is 0.0443 e. The Morgan fingerprint density at radius 3 is 2.10 bits per heavy atom. The highest BCUT2D eigenvalue weighted by Gasteiger charge is 2.50. The first-order chi connectivity index (χ1) is 23.6. The Morgan fingerprint density at radius 2 is 1.41 bits per heavy atom. The highest BCUT2D eigenvalue weighted by molar-refractivity contribution is 6.13. The number of hydrogen-bond acceptors (Lipinski definition) is 0. The summed E-state index contributed by atoms with van der Waals surface area (Å²) in [7, 11) is 0. The zero-order valence-corrected chi connectivity index (χ0v) is 31.1. The van der Waals surface area contributed by atoms with E-state index in [1.165, 1.54) is 80.6 Å². The molecule has 0 heterocycles. The predicted octanol–water partition coefficient (Wildman–Crippen LogP) is 13.8. The second-order valence-electron chi connectivity index (χ2n) is 16.7. The Bertz CT molecular complexity index is 2160. The first kappa shape index (κ1) is 32.3. The Balaban J connectivity index is 1.58. The van der Waals surface area contributed by atoms with Crippen molar-refractivity contribution < 1.29 is 0 Å². The molecule has 0 fully saturated rings. The third kappa shape index (κ3) is 4.84. The van der Waals surface area contributed by atoms with E-state index in [9.17, 15) is 0 Å². The van der Waals surface area contributed by atoms with Crippen molar-refractivity contribution >= 4 is 21.5 Å². The molecule has 1 spiro atoms. The monoisotopic (exact) mass is 642 g/mol. The van der Waals surface area contributed by atoms with Crippen LogP contribution in [0.15, 0.2) is 102 Å². The smallest absolute Gasteiger partial charge is 0.0443 e. The van der Waals surface area contributed by atoms with E-state index in [1.54, 1.807) is 27.8 Å². The number of aryl methyl sites for hydroxylation is 1. The van der Waals surface area contributed by atoms with Gasteiger partial charge in [0.25, 0.3) is 0 Å². The molecule has 5 aromatic rings. The number of rotatable bonds is 8. The fraction of sp³-hybridized carbons (Fsp3) is 0.388. The number of allylic oxidation sites excluding steroid dienone is 4. The molecule has 0 amide bonds. The zero-order valence-electron chi connectivity index (χ0n) is 31.1. The van der Waals surface area contributed by atoms with Crippen LogP contribution in [0.4, 0.5) is 0 Å². The van der Waals surface area contributed by atoms with Gasteiger partial charge in [-0.15, -0.1) is 0 Å². The Morgan fingerprint density at radius 1 is 0.714 bits per heavy atom. The van der Waals surface area contributed by atoms with E-state index in [1.807, 2.05) is 0 Å². The van der Waals surface area contributed by atoms with Gasteiger partial charge in [-0.1, -0.05) is 139 Å². The van der Waals surface area contributed by atoms with Crippen molar-refractivity contribution in [3.63, 3.8) is 0 Å². The summed E-state index contributed by atoms with van der Waals surface area (Å²) >= 11 is 0. The molecule has 2 atom stereocenters. The summed E-state index contributed by atoms with van der Waals surface area (Å²) in [5.41, 5.74) is 16.7. The van der Waals surface area contributed by atoms with Gasteiger partial charge in [0.1, 0.15) is 0 Å². The molecule has 49 heavy (non-hydrogen) atoms. The lowest BCUT2D eigenvalue weighted by atomic mass is 9.64. The number of benzene rings is 5. The summed E-state index contributed by atoms with van der Waals surface area (Å²) in [5.74, 6) is 1.37. The Kier molecular flexibility index (Phi) is 7.82. The van der Waals surface area contributed by atoms with Gasteiger partial charge in [-0.2, -0.15) is 0 Å². The number of fused-ring (bicyclic) bond motifs is 4. The minimum atomic E-state index is -0.193. The minimum absolute atomic E-state index is 0.193. The third-order valence-electron chi connectivity index (χ3n) is 12.6. The van der Waals surface area contributed by atoms with Crippen molar-refractivity contribution in [1.29, 1.82) is 0 Å². The molecule has 250 valence electrons. The van der Waals surface area contributed by atoms with Crippen molar-refractivity contribution in [3.8, 4) is 11.1 Å². The van der Waals surface area contributed by atoms with Gasteiger partial charge in [0, 0.05) is 11.3 Å². The van der Waals surface area contributed by atoms with Crippen molar-refractivity contribution in [2.24, 2.45) is 17.3 Å². The Labute approximate surface area is 295 Å². The molecule has 0 radical (unpaired) electrons. The van der Waals surface area contributed by atoms with Gasteiger partial charge in [0.05, 0.1) is 0 Å². The van der Waals surface area contributed by atoms with Crippen LogP contribution in [0.2, 0.25) is 0 Å². The lowest BCUT2D eigenvalue weighted by molar-refractivity contribution is 0.412. The van der Waals surface area contributed by atoms with E-state index in [2.05, 4.69) is 146 Å². The fourth-order valence-electron chi connectivity index (χ4n) is 10.4. The van der Waals surface area contributed by atoms with E-state index in [-0.39, 0.29) is 16.7 Å². The van der Waals surface area contributed by atoms with E-state index in [4.69, 9.17) is 0 Å². The van der Waals surface area contributed by atoms with Crippen LogP contribution in [-0.2, 0) is 11.8 Å². The average molecular weight is 643 g/mol. The highest BCUT2D eigenvalue weighted by atomic mass is 14.5. The van der Waals surface area contributed by atoms with Crippen LogP contribution in [0.5, 0.6) is 0 Å². The molecule has 0 saturated heterocycles. The highest BCUT2D eigenvalue weighted by Crippen LogP contribution is 2.65. The van der Waals surface area contributed by atoms with Crippen molar-refractivity contribution in [3.05, 3.63) is 141 Å². The van der Waals surface area contributed by atoms with E-state index >= 15 is 0 Å². The minimum Gasteiger partial charge on any atom is -0.0657 e. The summed E-state index contributed by atoms with van der Waals surface area (Å²) in [5, 5.41) is 5.85. The summed E-state index contributed by atoms with van der Waals surface area (Å²) in [4.78, 5) is 0. The quantitative estimate of drug-likeness (QED) is 0.155. The Hall–Kier alpha value is -3.90. The lowest BCUT2D eigenvalue weighted by Crippen LogP contribution is -2.30. The van der Waals surface area contributed by atoms with Gasteiger partial charge in [-0.05, 0) is 146 Å². The van der Waals surface area contributed by atoms with Crippen LogP contribution >= 0.6 is 0 Å². The first-order valence-electron chi connectivity index (χ1n) is 19.3. The molecule has 8 rings (SSSR count). The molecule has 3 aliphatic carbocycles. The zero-order chi connectivity index (χ0) is 34.2. The van der Waals surface area contributed by atoms with Crippen LogP contribution in [0, 0.1) is 24.2 Å². The molecular formula is C49H54. The van der Waals surface area contributed by atoms with Crippen LogP contribution in [0.25, 0.3) is 32.7 Å². The molecule has 0 aliphatic heterocycles. The molecule has 0 aromatic heterocycles. The molecule has 0 saturated carbocycles. The molecule has 0 heteroatoms. The third-order valence-corrected chi connectivity index (χ3v) is 12.6. The maximum atomic E-state index is 2.80. The summed E-state index contributed by atoms with van der Waals surface area (Å²) in [6.45, 7) is 19.1. The summed E-state index contributed by atoms with van der Waals surface area (Å²) < 4.78 is 0. The van der Waals surface area contributed by atoms with Gasteiger partial charge in [0.15, 0.2) is 0 Å². The maximum absolute atomic E-state index is 2.80. The van der Waals surface area contributed by atoms with Crippen molar-refractivity contribution in [2.45, 2.75) is 105 Å². The number of hydrogen-bond donors (Lipinski definition) is 0. The molecule has 0 N–H and O–H groups in total. The second-order valence-corrected chi connectivity index (χ2v) is 16.7. The molecular weight excluding hydrogens is 589 g/mol. The van der Waals surface area contributed by atoms with Crippen LogP contribution in [-0.4, -0.2) is 0 Å². The van der Waals surface area contributed by atoms with Crippen LogP contribution in [0.3, 0.4) is 0 Å². The summed E-state index contributed by atoms with van der Waals surface area (Å²) in [6.07, 6.45) is 12.4. The largest absolute Gasteiger partial charge is 0.0657 e. The summed E-state index contributed by atoms with van der Waals surface area (Å²) in [6, 6.07) is 31.0. The average Bonchev–Trinajstić information content (AvgIpc) is 3.35. The molecule has 0 nitrogen and oxygen atoms in total. The standard InChI is InChI=1S/C49H54/c1-9-31(10-2)35-25-36(32(11-3)12-4)29-49(28-35)42-24-30(5)37-21-17-23-39-43(33-18-14-13-15-19-33)41-26-40-34(27-48(6,7)8)20-16-22-38(40)47(49)45(41)46(42)44(37)39/h13-26,28,31-32,43H,9-12,27,29H2,1-8H3. The molecule has 0 bridgehead atoms. The van der Waals surface area contributed by atoms with Gasteiger partial charge < -0.3 is 0 Å². The molecule has 5 aromatic carbocycles. The lowest BCUT2D eigenvalue weighted by Gasteiger charge is -2.39. The van der Waals surface area contributed by atoms with E-state index < -0.39 is 0 Å². The molecule has 3 aliphatic rings. The van der Waals surface area contributed by atoms with Gasteiger partial charge in [-0.3, -0.25) is 0 Å². The topological polar surface area (TPSA) is 0 Å². The van der Waals surface area contributed by atoms with Crippen molar-refractivity contribution in [1.82, 2.24) is 0 Å². The first-order valence-corrected chi connectivity index (χ1v) is 19.3. The van der Waals surface area contributed by atoms with Gasteiger partial charge in [0.2, 0.25) is 0 Å². The van der Waals surface area contributed by atoms with E-state index in [0.29, 0.717) is 11.8 Å². The van der Waals surface area contributed by atoms with Crippen LogP contribution in [0.1, 0.15) is 125 Å². The van der Waals surface area contributed by atoms with E-state index in [0.717, 1.165) is 12.8 Å². The predicted molar refractivity (Wildman–Crippen MR) is 212 cm³/mol. The fourth-order valence-corrected chi connectivity index (χ4v) is 10.4. The van der Waals surface area contributed by atoms with Crippen LogP contribution < -0.4 is 0 Å². The second kappa shape index (κ2) is 11.9. The van der Waals surface area contributed by atoms with Gasteiger partial charge >= 0.3 is 0 Å². The van der Waals surface area contributed by atoms with Crippen molar-refractivity contribution in [2.75, 3.05) is 0 Å². The normalized spacial score (nSPS) is 19.4. The van der Waals surface area contributed by atoms with Gasteiger partial charge in [-0.25, -0.2) is 0 Å².